The average molecular weight is 327 g/mol. The Hall–Kier alpha value is -1.13. The molecule has 0 saturated heterocycles. The monoisotopic (exact) mass is 326 g/mol. The smallest absolute Gasteiger partial charge is 0.227 e. The number of rotatable bonds is 2. The van der Waals surface area contributed by atoms with Gasteiger partial charge in [0.2, 0.25) is 5.91 Å². The summed E-state index contributed by atoms with van der Waals surface area (Å²) < 4.78 is 13.3. The third-order valence-electron chi connectivity index (χ3n) is 5.24. The molecule has 0 spiro atoms. The molecular weight excluding hydrogens is 303 g/mol. The van der Waals surface area contributed by atoms with E-state index in [-0.39, 0.29) is 36.1 Å². The van der Waals surface area contributed by atoms with Gasteiger partial charge in [-0.25, -0.2) is 4.39 Å². The van der Waals surface area contributed by atoms with E-state index in [1.165, 1.54) is 18.6 Å². The Balaban J connectivity index is 0.00000176. The van der Waals surface area contributed by atoms with Gasteiger partial charge in [0.25, 0.3) is 0 Å². The molecule has 2 fully saturated rings. The lowest BCUT2D eigenvalue weighted by molar-refractivity contribution is -0.122. The van der Waals surface area contributed by atoms with Gasteiger partial charge in [0.05, 0.1) is 0 Å². The first-order valence-electron chi connectivity index (χ1n) is 7.87. The van der Waals surface area contributed by atoms with E-state index in [2.05, 4.69) is 5.32 Å². The van der Waals surface area contributed by atoms with Gasteiger partial charge in [-0.3, -0.25) is 4.79 Å². The van der Waals surface area contributed by atoms with Gasteiger partial charge in [-0.15, -0.1) is 12.4 Å². The molecular formula is C17H24ClFN2O. The van der Waals surface area contributed by atoms with Crippen molar-refractivity contribution in [2.75, 3.05) is 5.32 Å². The lowest BCUT2D eigenvalue weighted by Crippen LogP contribution is -2.48. The third kappa shape index (κ3) is 3.44. The van der Waals surface area contributed by atoms with E-state index in [4.69, 9.17) is 5.73 Å². The summed E-state index contributed by atoms with van der Waals surface area (Å²) in [7, 11) is 0. The quantitative estimate of drug-likeness (QED) is 0.871. The van der Waals surface area contributed by atoms with Crippen molar-refractivity contribution in [2.24, 2.45) is 23.5 Å². The summed E-state index contributed by atoms with van der Waals surface area (Å²) in [5.41, 5.74) is 7.73. The highest BCUT2D eigenvalue weighted by Gasteiger charge is 2.40. The van der Waals surface area contributed by atoms with Crippen LogP contribution < -0.4 is 11.1 Å². The number of anilines is 1. The van der Waals surface area contributed by atoms with Gasteiger partial charge in [-0.2, -0.15) is 0 Å². The molecule has 0 aliphatic heterocycles. The van der Waals surface area contributed by atoms with Crippen LogP contribution in [0.4, 0.5) is 10.1 Å². The van der Waals surface area contributed by atoms with E-state index in [1.54, 1.807) is 6.07 Å². The van der Waals surface area contributed by atoms with Crippen molar-refractivity contribution in [2.45, 2.75) is 45.1 Å². The van der Waals surface area contributed by atoms with Crippen molar-refractivity contribution in [3.8, 4) is 0 Å². The van der Waals surface area contributed by atoms with Gasteiger partial charge in [0, 0.05) is 17.6 Å². The Labute approximate surface area is 137 Å². The molecule has 3 rings (SSSR count). The summed E-state index contributed by atoms with van der Waals surface area (Å²) in [5, 5.41) is 2.91. The summed E-state index contributed by atoms with van der Waals surface area (Å²) in [6.07, 6.45) is 5.26. The fourth-order valence-electron chi connectivity index (χ4n) is 3.97. The van der Waals surface area contributed by atoms with Crippen LogP contribution in [0.15, 0.2) is 18.2 Å². The first-order chi connectivity index (χ1) is 10.0. The van der Waals surface area contributed by atoms with Gasteiger partial charge in [0.15, 0.2) is 0 Å². The largest absolute Gasteiger partial charge is 0.327 e. The van der Waals surface area contributed by atoms with Crippen LogP contribution in [0.2, 0.25) is 0 Å². The highest BCUT2D eigenvalue weighted by Crippen LogP contribution is 2.42. The maximum Gasteiger partial charge on any atom is 0.227 e. The van der Waals surface area contributed by atoms with Crippen molar-refractivity contribution in [3.05, 3.63) is 29.6 Å². The van der Waals surface area contributed by atoms with Gasteiger partial charge in [-0.05, 0) is 62.1 Å². The number of benzene rings is 1. The van der Waals surface area contributed by atoms with Gasteiger partial charge >= 0.3 is 0 Å². The second-order valence-electron chi connectivity index (χ2n) is 6.65. The van der Waals surface area contributed by atoms with Crippen LogP contribution >= 0.6 is 12.4 Å². The number of carbonyl (C=O) groups is 1. The molecule has 2 aliphatic carbocycles. The normalized spacial score (nSPS) is 30.3. The highest BCUT2D eigenvalue weighted by molar-refractivity contribution is 5.93. The zero-order chi connectivity index (χ0) is 15.0. The van der Waals surface area contributed by atoms with Crippen LogP contribution in [-0.2, 0) is 4.79 Å². The molecule has 2 aliphatic rings. The summed E-state index contributed by atoms with van der Waals surface area (Å²) >= 11 is 0. The SMILES string of the molecule is Cc1ccc(F)cc1NC(=O)C1CC2CCCC(C1)C2N.Cl. The van der Waals surface area contributed by atoms with Crippen molar-refractivity contribution in [1.29, 1.82) is 0 Å². The Morgan fingerprint density at radius 3 is 2.55 bits per heavy atom. The van der Waals surface area contributed by atoms with Crippen LogP contribution in [0, 0.1) is 30.5 Å². The molecule has 3 nitrogen and oxygen atoms in total. The fraction of sp³-hybridized carbons (Fsp3) is 0.588. The minimum atomic E-state index is -0.321. The van der Waals surface area contributed by atoms with E-state index >= 15 is 0 Å². The number of aryl methyl sites for hydroxylation is 1. The molecule has 2 saturated carbocycles. The van der Waals surface area contributed by atoms with Crippen molar-refractivity contribution < 1.29 is 9.18 Å². The van der Waals surface area contributed by atoms with E-state index in [0.29, 0.717) is 17.5 Å². The standard InChI is InChI=1S/C17H23FN2O.ClH/c1-10-5-6-14(18)9-15(10)20-17(21)13-7-11-3-2-4-12(8-13)16(11)19;/h5-6,9,11-13,16H,2-4,7-8,19H2,1H3,(H,20,21);1H. The average Bonchev–Trinajstić information content (AvgIpc) is 2.42. The second-order valence-corrected chi connectivity index (χ2v) is 6.65. The highest BCUT2D eigenvalue weighted by atomic mass is 35.5. The Morgan fingerprint density at radius 2 is 1.91 bits per heavy atom. The predicted molar refractivity (Wildman–Crippen MR) is 88.5 cm³/mol. The van der Waals surface area contributed by atoms with E-state index in [9.17, 15) is 9.18 Å². The Kier molecular flexibility index (Phi) is 5.45. The fourth-order valence-corrected chi connectivity index (χ4v) is 3.97. The summed E-state index contributed by atoms with van der Waals surface area (Å²) in [6, 6.07) is 4.76. The molecule has 0 aromatic heterocycles. The summed E-state index contributed by atoms with van der Waals surface area (Å²) in [5.74, 6) is 0.664. The van der Waals surface area contributed by atoms with Gasteiger partial charge in [-0.1, -0.05) is 12.5 Å². The number of amides is 1. The van der Waals surface area contributed by atoms with E-state index in [1.807, 2.05) is 6.92 Å². The Morgan fingerprint density at radius 1 is 1.27 bits per heavy atom. The van der Waals surface area contributed by atoms with Crippen molar-refractivity contribution in [1.82, 2.24) is 0 Å². The maximum atomic E-state index is 13.3. The van der Waals surface area contributed by atoms with Crippen LogP contribution in [-0.4, -0.2) is 11.9 Å². The minimum absolute atomic E-state index is 0. The first kappa shape index (κ1) is 17.2. The number of fused-ring (bicyclic) bond motifs is 2. The number of hydrogen-bond acceptors (Lipinski definition) is 2. The van der Waals surface area contributed by atoms with E-state index < -0.39 is 0 Å². The van der Waals surface area contributed by atoms with Crippen LogP contribution in [0.3, 0.4) is 0 Å². The van der Waals surface area contributed by atoms with Gasteiger partial charge in [0.1, 0.15) is 5.82 Å². The maximum absolute atomic E-state index is 13.3. The van der Waals surface area contributed by atoms with Crippen LogP contribution in [0.1, 0.15) is 37.7 Å². The molecule has 1 aromatic rings. The molecule has 1 aromatic carbocycles. The van der Waals surface area contributed by atoms with E-state index in [0.717, 1.165) is 31.2 Å². The van der Waals surface area contributed by atoms with Crippen molar-refractivity contribution in [3.63, 3.8) is 0 Å². The molecule has 0 heterocycles. The molecule has 3 N–H and O–H groups in total. The number of nitrogens with one attached hydrogen (secondary N) is 1. The van der Waals surface area contributed by atoms with Crippen molar-refractivity contribution >= 4 is 24.0 Å². The molecule has 122 valence electrons. The first-order valence-corrected chi connectivity index (χ1v) is 7.87. The van der Waals surface area contributed by atoms with Crippen LogP contribution in [0.5, 0.6) is 0 Å². The molecule has 22 heavy (non-hydrogen) atoms. The lowest BCUT2D eigenvalue weighted by Gasteiger charge is -2.43. The number of halogens is 2. The van der Waals surface area contributed by atoms with Crippen LogP contribution in [0.25, 0.3) is 0 Å². The summed E-state index contributed by atoms with van der Waals surface area (Å²) in [4.78, 5) is 12.5. The molecule has 5 heteroatoms. The predicted octanol–water partition coefficient (Wildman–Crippen LogP) is 3.65. The minimum Gasteiger partial charge on any atom is -0.327 e. The molecule has 2 bridgehead atoms. The number of nitrogens with two attached hydrogens (primary N) is 1. The molecule has 2 atom stereocenters. The summed E-state index contributed by atoms with van der Waals surface area (Å²) in [6.45, 7) is 1.88. The zero-order valence-corrected chi connectivity index (χ0v) is 13.7. The topological polar surface area (TPSA) is 55.1 Å². The molecule has 0 radical (unpaired) electrons. The second kappa shape index (κ2) is 6.97. The zero-order valence-electron chi connectivity index (χ0n) is 12.8. The molecule has 2 unspecified atom stereocenters. The lowest BCUT2D eigenvalue weighted by atomic mass is 9.65. The molecule has 1 amide bonds. The Bertz CT molecular complexity index is 537. The third-order valence-corrected chi connectivity index (χ3v) is 5.24. The number of hydrogen-bond donors (Lipinski definition) is 2. The van der Waals surface area contributed by atoms with Gasteiger partial charge < -0.3 is 11.1 Å². The number of carbonyl (C=O) groups excluding carboxylic acids is 1.